The molecular weight excluding hydrogens is 160 g/mol. The summed E-state index contributed by atoms with van der Waals surface area (Å²) in [4.78, 5) is 20.2. The number of carboxylic acid groups (broad SMARTS) is 1. The maximum Gasteiger partial charge on any atom is 0.422 e. The third kappa shape index (κ3) is 5.22. The largest absolute Gasteiger partial charge is 0.473 e. The minimum absolute atomic E-state index is 0.872. The highest BCUT2D eigenvalue weighted by atomic mass is 16.6. The van der Waals surface area contributed by atoms with Gasteiger partial charge in [0.15, 0.2) is 0 Å². The number of aliphatic carboxylic acids is 1. The summed E-state index contributed by atoms with van der Waals surface area (Å²) in [5.74, 6) is -2.88. The molecule has 0 radical (unpaired) electrons. The van der Waals surface area contributed by atoms with Crippen LogP contribution in [0.1, 0.15) is 13.3 Å². The Morgan fingerprint density at radius 3 is 2.58 bits per heavy atom. The first-order valence-corrected chi connectivity index (χ1v) is 3.44. The Kier molecular flexibility index (Phi) is 5.34. The Morgan fingerprint density at radius 2 is 2.08 bits per heavy atom. The quantitative estimate of drug-likeness (QED) is 0.298. The van der Waals surface area contributed by atoms with Crippen LogP contribution in [0.3, 0.4) is 0 Å². The van der Waals surface area contributed by atoms with Crippen molar-refractivity contribution in [3.8, 4) is 0 Å². The molecule has 0 aromatic rings. The van der Waals surface area contributed by atoms with E-state index in [9.17, 15) is 9.59 Å². The Balaban J connectivity index is 3.68. The van der Waals surface area contributed by atoms with Crippen molar-refractivity contribution >= 4 is 11.9 Å². The molecule has 0 aromatic carbocycles. The molecule has 0 saturated heterocycles. The molecule has 0 fully saturated rings. The lowest BCUT2D eigenvalue weighted by Crippen LogP contribution is -2.13. The van der Waals surface area contributed by atoms with Gasteiger partial charge in [-0.05, 0) is 12.5 Å². The first-order valence-electron chi connectivity index (χ1n) is 3.44. The monoisotopic (exact) mass is 170 g/mol. The van der Waals surface area contributed by atoms with Crippen LogP contribution in [0, 0.1) is 0 Å². The Morgan fingerprint density at radius 1 is 1.42 bits per heavy atom. The van der Waals surface area contributed by atoms with Crippen LogP contribution in [0.2, 0.25) is 0 Å². The summed E-state index contributed by atoms with van der Waals surface area (Å²) < 4.78 is 4.18. The second-order valence-electron chi connectivity index (χ2n) is 1.88. The SMILES string of the molecule is CCC=CC=COC(=O)C(=O)O. The summed E-state index contributed by atoms with van der Waals surface area (Å²) in [6.07, 6.45) is 6.85. The van der Waals surface area contributed by atoms with Crippen molar-refractivity contribution in [1.29, 1.82) is 0 Å². The Bertz CT molecular complexity index is 215. The third-order valence-electron chi connectivity index (χ3n) is 0.911. The normalized spacial score (nSPS) is 10.8. The van der Waals surface area contributed by atoms with Gasteiger partial charge in [0.05, 0.1) is 6.26 Å². The topological polar surface area (TPSA) is 63.6 Å². The predicted octanol–water partition coefficient (Wildman–Crippen LogP) is 1.09. The van der Waals surface area contributed by atoms with E-state index < -0.39 is 11.9 Å². The van der Waals surface area contributed by atoms with Gasteiger partial charge in [-0.15, -0.1) is 0 Å². The first kappa shape index (κ1) is 10.4. The molecule has 0 aromatic heterocycles. The molecule has 0 bridgehead atoms. The molecule has 0 spiro atoms. The van der Waals surface area contributed by atoms with E-state index in [1.807, 2.05) is 13.0 Å². The fourth-order valence-corrected chi connectivity index (χ4v) is 0.412. The van der Waals surface area contributed by atoms with Gasteiger partial charge >= 0.3 is 11.9 Å². The maximum atomic E-state index is 10.3. The Labute approximate surface area is 70.1 Å². The van der Waals surface area contributed by atoms with Gasteiger partial charge < -0.3 is 9.84 Å². The average molecular weight is 170 g/mol. The summed E-state index contributed by atoms with van der Waals surface area (Å²) in [6.45, 7) is 1.95. The second kappa shape index (κ2) is 6.15. The molecule has 66 valence electrons. The van der Waals surface area contributed by atoms with Gasteiger partial charge in [0.1, 0.15) is 0 Å². The van der Waals surface area contributed by atoms with Crippen LogP contribution in [0.15, 0.2) is 24.5 Å². The standard InChI is InChI=1S/C8H10O4/c1-2-3-4-5-6-12-8(11)7(9)10/h3-6H,2H2,1H3,(H,9,10). The van der Waals surface area contributed by atoms with Gasteiger partial charge in [-0.3, -0.25) is 0 Å². The van der Waals surface area contributed by atoms with Crippen LogP contribution in [0.5, 0.6) is 0 Å². The average Bonchev–Trinajstić information content (AvgIpc) is 2.03. The minimum Gasteiger partial charge on any atom is -0.473 e. The summed E-state index contributed by atoms with van der Waals surface area (Å²) >= 11 is 0. The van der Waals surface area contributed by atoms with Gasteiger partial charge in [-0.2, -0.15) is 0 Å². The molecule has 4 nitrogen and oxygen atoms in total. The number of rotatable bonds is 3. The van der Waals surface area contributed by atoms with Crippen LogP contribution in [-0.4, -0.2) is 17.0 Å². The molecule has 0 amide bonds. The van der Waals surface area contributed by atoms with Crippen molar-refractivity contribution in [2.24, 2.45) is 0 Å². The molecule has 4 heteroatoms. The van der Waals surface area contributed by atoms with E-state index in [0.717, 1.165) is 12.7 Å². The van der Waals surface area contributed by atoms with E-state index in [1.54, 1.807) is 6.08 Å². The van der Waals surface area contributed by atoms with Crippen molar-refractivity contribution in [2.45, 2.75) is 13.3 Å². The summed E-state index contributed by atoms with van der Waals surface area (Å²) in [7, 11) is 0. The highest BCUT2D eigenvalue weighted by Gasteiger charge is 2.09. The van der Waals surface area contributed by atoms with E-state index in [2.05, 4.69) is 4.74 Å². The molecule has 0 atom stereocenters. The van der Waals surface area contributed by atoms with Crippen molar-refractivity contribution in [3.63, 3.8) is 0 Å². The molecule has 0 rings (SSSR count). The van der Waals surface area contributed by atoms with Crippen LogP contribution >= 0.6 is 0 Å². The van der Waals surface area contributed by atoms with Gasteiger partial charge in [-0.1, -0.05) is 19.1 Å². The molecule has 1 N–H and O–H groups in total. The van der Waals surface area contributed by atoms with Crippen LogP contribution in [0.4, 0.5) is 0 Å². The summed E-state index contributed by atoms with van der Waals surface area (Å²) in [5.41, 5.74) is 0. The maximum absolute atomic E-state index is 10.3. The van der Waals surface area contributed by atoms with E-state index in [-0.39, 0.29) is 0 Å². The summed E-state index contributed by atoms with van der Waals surface area (Å²) in [5, 5.41) is 8.06. The zero-order chi connectivity index (χ0) is 9.40. The lowest BCUT2D eigenvalue weighted by Gasteiger charge is -1.89. The number of hydrogen-bond acceptors (Lipinski definition) is 3. The van der Waals surface area contributed by atoms with E-state index in [4.69, 9.17) is 5.11 Å². The molecular formula is C8H10O4. The molecule has 0 aliphatic rings. The van der Waals surface area contributed by atoms with Crippen LogP contribution in [-0.2, 0) is 14.3 Å². The summed E-state index contributed by atoms with van der Waals surface area (Å²) in [6, 6.07) is 0. The van der Waals surface area contributed by atoms with E-state index in [0.29, 0.717) is 0 Å². The highest BCUT2D eigenvalue weighted by Crippen LogP contribution is 1.84. The number of hydrogen-bond donors (Lipinski definition) is 1. The number of carbonyl (C=O) groups is 2. The van der Waals surface area contributed by atoms with Crippen molar-refractivity contribution in [3.05, 3.63) is 24.5 Å². The van der Waals surface area contributed by atoms with Crippen molar-refractivity contribution in [2.75, 3.05) is 0 Å². The highest BCUT2D eigenvalue weighted by molar-refractivity contribution is 6.28. The lowest BCUT2D eigenvalue weighted by molar-refractivity contribution is -0.160. The fourth-order valence-electron chi connectivity index (χ4n) is 0.412. The first-order chi connectivity index (χ1) is 5.68. The zero-order valence-electron chi connectivity index (χ0n) is 6.69. The van der Waals surface area contributed by atoms with Gasteiger partial charge in [0.25, 0.3) is 0 Å². The number of carboxylic acids is 1. The smallest absolute Gasteiger partial charge is 0.422 e. The third-order valence-corrected chi connectivity index (χ3v) is 0.911. The van der Waals surface area contributed by atoms with Gasteiger partial charge in [0, 0.05) is 0 Å². The molecule has 0 saturated carbocycles. The number of carbonyl (C=O) groups excluding carboxylic acids is 1. The minimum atomic E-state index is -1.60. The molecule has 12 heavy (non-hydrogen) atoms. The van der Waals surface area contributed by atoms with Crippen molar-refractivity contribution < 1.29 is 19.4 Å². The number of allylic oxidation sites excluding steroid dienone is 3. The van der Waals surface area contributed by atoms with E-state index in [1.165, 1.54) is 6.08 Å². The number of esters is 1. The fraction of sp³-hybridized carbons (Fsp3) is 0.250. The van der Waals surface area contributed by atoms with Gasteiger partial charge in [0.2, 0.25) is 0 Å². The molecule has 0 aliphatic heterocycles. The number of ether oxygens (including phenoxy) is 1. The molecule has 0 aliphatic carbocycles. The zero-order valence-corrected chi connectivity index (χ0v) is 6.69. The van der Waals surface area contributed by atoms with Crippen LogP contribution in [0.25, 0.3) is 0 Å². The molecule has 0 unspecified atom stereocenters. The predicted molar refractivity (Wildman–Crippen MR) is 42.3 cm³/mol. The van der Waals surface area contributed by atoms with Gasteiger partial charge in [-0.25, -0.2) is 9.59 Å². The molecule has 0 heterocycles. The Hall–Kier alpha value is -1.58. The lowest BCUT2D eigenvalue weighted by atomic mass is 10.4. The van der Waals surface area contributed by atoms with Crippen molar-refractivity contribution in [1.82, 2.24) is 0 Å². The van der Waals surface area contributed by atoms with E-state index >= 15 is 0 Å². The second-order valence-corrected chi connectivity index (χ2v) is 1.88. The van der Waals surface area contributed by atoms with Crippen LogP contribution < -0.4 is 0 Å².